The zero-order valence-electron chi connectivity index (χ0n) is 8.29. The van der Waals surface area contributed by atoms with Crippen molar-refractivity contribution < 1.29 is 4.39 Å². The molecule has 0 aliphatic rings. The van der Waals surface area contributed by atoms with Crippen LogP contribution in [0.1, 0.15) is 15.3 Å². The Hall–Kier alpha value is -0.380. The van der Waals surface area contributed by atoms with Gasteiger partial charge in [0.05, 0.1) is 0 Å². The third-order valence-electron chi connectivity index (χ3n) is 2.26. The second-order valence-corrected chi connectivity index (χ2v) is 5.99. The van der Waals surface area contributed by atoms with E-state index in [1.165, 1.54) is 10.9 Å². The Morgan fingerprint density at radius 2 is 2.19 bits per heavy atom. The summed E-state index contributed by atoms with van der Waals surface area (Å²) >= 11 is 10.9. The fraction of sp³-hybridized carbons (Fsp3) is 0.167. The summed E-state index contributed by atoms with van der Waals surface area (Å²) in [6.45, 7) is 0. The van der Waals surface area contributed by atoms with E-state index in [0.717, 1.165) is 6.42 Å². The lowest BCUT2D eigenvalue weighted by molar-refractivity contribution is 0.608. The molecule has 0 fully saturated rings. The Morgan fingerprint density at radius 3 is 2.81 bits per heavy atom. The van der Waals surface area contributed by atoms with Crippen molar-refractivity contribution in [3.05, 3.63) is 57.0 Å². The summed E-state index contributed by atoms with van der Waals surface area (Å²) in [6, 6.07) is 8.83. The lowest BCUT2D eigenvalue weighted by atomic mass is 10.1. The van der Waals surface area contributed by atoms with Gasteiger partial charge in [0.1, 0.15) is 5.82 Å². The van der Waals surface area contributed by atoms with Crippen molar-refractivity contribution in [3.8, 4) is 0 Å². The predicted molar refractivity (Wildman–Crippen MR) is 71.1 cm³/mol. The molecule has 2 rings (SSSR count). The van der Waals surface area contributed by atoms with Gasteiger partial charge in [-0.25, -0.2) is 4.39 Å². The van der Waals surface area contributed by atoms with E-state index in [0.29, 0.717) is 10.6 Å². The average Bonchev–Trinajstić information content (AvgIpc) is 2.70. The van der Waals surface area contributed by atoms with E-state index in [4.69, 9.17) is 11.6 Å². The zero-order chi connectivity index (χ0) is 11.5. The molecule has 1 aromatic carbocycles. The molecule has 0 saturated carbocycles. The maximum absolute atomic E-state index is 13.6. The smallest absolute Gasteiger partial charge is 0.129 e. The normalized spacial score (nSPS) is 12.7. The van der Waals surface area contributed by atoms with Crippen LogP contribution in [0.15, 0.2) is 35.7 Å². The highest BCUT2D eigenvalue weighted by molar-refractivity contribution is 9.09. The van der Waals surface area contributed by atoms with E-state index in [-0.39, 0.29) is 10.6 Å². The van der Waals surface area contributed by atoms with Gasteiger partial charge in [0.15, 0.2) is 0 Å². The standard InChI is InChI=1S/C12H9BrClFS/c13-11(7-9-2-1-5-16-9)10-4-3-8(14)6-12(10)15/h1-6,11H,7H2. The number of benzene rings is 1. The summed E-state index contributed by atoms with van der Waals surface area (Å²) in [7, 11) is 0. The fourth-order valence-corrected chi connectivity index (χ4v) is 3.32. The van der Waals surface area contributed by atoms with Crippen molar-refractivity contribution in [3.63, 3.8) is 0 Å². The van der Waals surface area contributed by atoms with Crippen LogP contribution >= 0.6 is 38.9 Å². The van der Waals surface area contributed by atoms with Crippen LogP contribution in [-0.4, -0.2) is 0 Å². The quantitative estimate of drug-likeness (QED) is 0.680. The van der Waals surface area contributed by atoms with Gasteiger partial charge in [0, 0.05) is 20.3 Å². The molecule has 0 aliphatic carbocycles. The Bertz CT molecular complexity index is 470. The van der Waals surface area contributed by atoms with Crippen molar-refractivity contribution >= 4 is 38.9 Å². The predicted octanol–water partition coefficient (Wildman–Crippen LogP) is 5.22. The van der Waals surface area contributed by atoms with E-state index in [1.807, 2.05) is 17.5 Å². The summed E-state index contributed by atoms with van der Waals surface area (Å²) < 4.78 is 13.6. The van der Waals surface area contributed by atoms with Gasteiger partial charge in [-0.2, -0.15) is 0 Å². The molecule has 4 heteroatoms. The monoisotopic (exact) mass is 318 g/mol. The molecule has 0 nitrogen and oxygen atoms in total. The first-order chi connectivity index (χ1) is 7.66. The number of rotatable bonds is 3. The summed E-state index contributed by atoms with van der Waals surface area (Å²) in [5, 5.41) is 2.45. The summed E-state index contributed by atoms with van der Waals surface area (Å²) in [5.74, 6) is -0.258. The van der Waals surface area contributed by atoms with Crippen molar-refractivity contribution in [2.24, 2.45) is 0 Å². The van der Waals surface area contributed by atoms with Gasteiger partial charge in [0.2, 0.25) is 0 Å². The molecule has 0 N–H and O–H groups in total. The van der Waals surface area contributed by atoms with Crippen LogP contribution in [0.2, 0.25) is 5.02 Å². The molecule has 0 spiro atoms. The van der Waals surface area contributed by atoms with Gasteiger partial charge in [0.25, 0.3) is 0 Å². The Labute approximate surface area is 111 Å². The van der Waals surface area contributed by atoms with Crippen LogP contribution in [0.4, 0.5) is 4.39 Å². The van der Waals surface area contributed by atoms with E-state index in [1.54, 1.807) is 23.5 Å². The second-order valence-electron chi connectivity index (χ2n) is 3.42. The topological polar surface area (TPSA) is 0 Å². The molecular formula is C12H9BrClFS. The SMILES string of the molecule is Fc1cc(Cl)ccc1C(Br)Cc1cccs1. The molecule has 0 saturated heterocycles. The van der Waals surface area contributed by atoms with Crippen molar-refractivity contribution in [1.29, 1.82) is 0 Å². The lowest BCUT2D eigenvalue weighted by Crippen LogP contribution is -1.97. The molecule has 84 valence electrons. The molecule has 1 atom stereocenters. The molecule has 2 aromatic rings. The maximum atomic E-state index is 13.6. The number of thiophene rings is 1. The first kappa shape index (κ1) is 12.1. The van der Waals surface area contributed by atoms with Gasteiger partial charge < -0.3 is 0 Å². The molecule has 0 bridgehead atoms. The van der Waals surface area contributed by atoms with Crippen LogP contribution < -0.4 is 0 Å². The fourth-order valence-electron chi connectivity index (χ4n) is 1.47. The van der Waals surface area contributed by atoms with E-state index < -0.39 is 0 Å². The van der Waals surface area contributed by atoms with Crippen LogP contribution in [0.3, 0.4) is 0 Å². The Balaban J connectivity index is 2.17. The van der Waals surface area contributed by atoms with Crippen LogP contribution in [0.25, 0.3) is 0 Å². The van der Waals surface area contributed by atoms with Gasteiger partial charge in [-0.3, -0.25) is 0 Å². The van der Waals surface area contributed by atoms with Crippen LogP contribution in [0.5, 0.6) is 0 Å². The minimum absolute atomic E-state index is 0.0107. The van der Waals surface area contributed by atoms with Crippen molar-refractivity contribution in [2.75, 3.05) is 0 Å². The minimum atomic E-state index is -0.258. The molecule has 0 aliphatic heterocycles. The molecular weight excluding hydrogens is 311 g/mol. The average molecular weight is 320 g/mol. The zero-order valence-corrected chi connectivity index (χ0v) is 11.4. The van der Waals surface area contributed by atoms with Gasteiger partial charge >= 0.3 is 0 Å². The van der Waals surface area contributed by atoms with E-state index in [2.05, 4.69) is 15.9 Å². The second kappa shape index (κ2) is 5.30. The summed E-state index contributed by atoms with van der Waals surface area (Å²) in [6.07, 6.45) is 0.788. The first-order valence-electron chi connectivity index (χ1n) is 4.78. The molecule has 1 unspecified atom stereocenters. The van der Waals surface area contributed by atoms with Crippen LogP contribution in [-0.2, 0) is 6.42 Å². The van der Waals surface area contributed by atoms with Gasteiger partial charge in [-0.15, -0.1) is 11.3 Å². The highest BCUT2D eigenvalue weighted by atomic mass is 79.9. The third-order valence-corrected chi connectivity index (χ3v) is 4.21. The molecule has 1 aromatic heterocycles. The van der Waals surface area contributed by atoms with Crippen molar-refractivity contribution in [2.45, 2.75) is 11.2 Å². The Morgan fingerprint density at radius 1 is 1.38 bits per heavy atom. The third kappa shape index (κ3) is 2.84. The molecule has 0 radical (unpaired) electrons. The maximum Gasteiger partial charge on any atom is 0.129 e. The number of hydrogen-bond donors (Lipinski definition) is 0. The lowest BCUT2D eigenvalue weighted by Gasteiger charge is -2.10. The molecule has 0 amide bonds. The summed E-state index contributed by atoms with van der Waals surface area (Å²) in [4.78, 5) is 1.22. The van der Waals surface area contributed by atoms with Crippen molar-refractivity contribution in [1.82, 2.24) is 0 Å². The highest BCUT2D eigenvalue weighted by Crippen LogP contribution is 2.31. The van der Waals surface area contributed by atoms with Gasteiger partial charge in [-0.05, 0) is 30.0 Å². The largest absolute Gasteiger partial charge is 0.207 e. The Kier molecular flexibility index (Phi) is 4.00. The first-order valence-corrected chi connectivity index (χ1v) is 6.95. The van der Waals surface area contributed by atoms with Gasteiger partial charge in [-0.1, -0.05) is 39.7 Å². The minimum Gasteiger partial charge on any atom is -0.207 e. The van der Waals surface area contributed by atoms with E-state index >= 15 is 0 Å². The number of hydrogen-bond acceptors (Lipinski definition) is 1. The van der Waals surface area contributed by atoms with E-state index in [9.17, 15) is 4.39 Å². The number of alkyl halides is 1. The molecule has 1 heterocycles. The number of halogens is 3. The molecule has 16 heavy (non-hydrogen) atoms. The van der Waals surface area contributed by atoms with Crippen LogP contribution in [0, 0.1) is 5.82 Å². The highest BCUT2D eigenvalue weighted by Gasteiger charge is 2.13. The summed E-state index contributed by atoms with van der Waals surface area (Å²) in [5.41, 5.74) is 0.651.